The van der Waals surface area contributed by atoms with E-state index in [1.165, 1.54) is 0 Å². The Balaban J connectivity index is 1.48. The number of ether oxygens (including phenoxy) is 1. The quantitative estimate of drug-likeness (QED) is 0.840. The Bertz CT molecular complexity index is 512. The predicted molar refractivity (Wildman–Crippen MR) is 87.5 cm³/mol. The third-order valence-electron chi connectivity index (χ3n) is 4.27. The molecule has 0 saturated carbocycles. The molecule has 0 spiro atoms. The number of amides is 1. The number of halogens is 1. The van der Waals surface area contributed by atoms with Crippen LogP contribution in [0.2, 0.25) is 5.02 Å². The predicted octanol–water partition coefficient (Wildman–Crippen LogP) is 1.32. The van der Waals surface area contributed by atoms with Crippen LogP contribution in [0.15, 0.2) is 24.3 Å². The molecule has 0 radical (unpaired) electrons. The summed E-state index contributed by atoms with van der Waals surface area (Å²) in [4.78, 5) is 18.7. The largest absolute Gasteiger partial charge is 0.378 e. The minimum atomic E-state index is 0.222. The van der Waals surface area contributed by atoms with Gasteiger partial charge in [-0.3, -0.25) is 9.69 Å². The van der Waals surface area contributed by atoms with Crippen LogP contribution in [-0.4, -0.2) is 74.7 Å². The molecule has 2 saturated heterocycles. The van der Waals surface area contributed by atoms with Crippen LogP contribution in [0.3, 0.4) is 0 Å². The van der Waals surface area contributed by atoms with E-state index in [4.69, 9.17) is 16.3 Å². The highest BCUT2D eigenvalue weighted by Crippen LogP contribution is 2.20. The lowest BCUT2D eigenvalue weighted by molar-refractivity contribution is -0.136. The summed E-state index contributed by atoms with van der Waals surface area (Å²) in [6.07, 6.45) is 0. The smallest absolute Gasteiger partial charge is 0.236 e. The second kappa shape index (κ2) is 7.31. The summed E-state index contributed by atoms with van der Waals surface area (Å²) >= 11 is 6.05. The van der Waals surface area contributed by atoms with Crippen LogP contribution in [0.5, 0.6) is 0 Å². The number of carbonyl (C=O) groups excluding carboxylic acids is 1. The molecule has 0 atom stereocenters. The molecule has 2 aliphatic rings. The van der Waals surface area contributed by atoms with Crippen molar-refractivity contribution >= 4 is 23.2 Å². The Morgan fingerprint density at radius 3 is 2.50 bits per heavy atom. The van der Waals surface area contributed by atoms with Crippen molar-refractivity contribution in [2.45, 2.75) is 0 Å². The summed E-state index contributed by atoms with van der Waals surface area (Å²) in [5.41, 5.74) is 1.16. The van der Waals surface area contributed by atoms with Crippen LogP contribution in [0.1, 0.15) is 0 Å². The normalized spacial score (nSPS) is 20.2. The minimum Gasteiger partial charge on any atom is -0.378 e. The lowest BCUT2D eigenvalue weighted by atomic mass is 10.2. The fraction of sp³-hybridized carbons (Fsp3) is 0.562. The first-order chi connectivity index (χ1) is 10.7. The second-order valence-corrected chi connectivity index (χ2v) is 6.17. The zero-order valence-electron chi connectivity index (χ0n) is 12.7. The molecule has 120 valence electrons. The van der Waals surface area contributed by atoms with Crippen molar-refractivity contribution in [1.29, 1.82) is 0 Å². The topological polar surface area (TPSA) is 36.0 Å². The van der Waals surface area contributed by atoms with E-state index in [1.807, 2.05) is 23.1 Å². The molecule has 0 aromatic heterocycles. The van der Waals surface area contributed by atoms with E-state index in [9.17, 15) is 4.79 Å². The molecule has 2 heterocycles. The van der Waals surface area contributed by atoms with Crippen molar-refractivity contribution in [1.82, 2.24) is 9.80 Å². The van der Waals surface area contributed by atoms with Crippen molar-refractivity contribution in [3.63, 3.8) is 0 Å². The van der Waals surface area contributed by atoms with Crippen molar-refractivity contribution < 1.29 is 9.53 Å². The molecule has 5 nitrogen and oxygen atoms in total. The molecule has 1 aromatic rings. The number of benzene rings is 1. The molecule has 22 heavy (non-hydrogen) atoms. The SMILES string of the molecule is O=C(CN1CCN(c2cccc(Cl)c2)CC1)N1CCOCC1. The number of carbonyl (C=O) groups is 1. The number of anilines is 1. The Hall–Kier alpha value is -1.30. The van der Waals surface area contributed by atoms with Gasteiger partial charge in [-0.05, 0) is 18.2 Å². The summed E-state index contributed by atoms with van der Waals surface area (Å²) in [6, 6.07) is 7.95. The fourth-order valence-corrected chi connectivity index (χ4v) is 3.13. The second-order valence-electron chi connectivity index (χ2n) is 5.74. The number of hydrogen-bond donors (Lipinski definition) is 0. The van der Waals surface area contributed by atoms with Gasteiger partial charge >= 0.3 is 0 Å². The maximum atomic E-state index is 12.3. The fourth-order valence-electron chi connectivity index (χ4n) is 2.94. The molecule has 6 heteroatoms. The zero-order valence-corrected chi connectivity index (χ0v) is 13.5. The highest BCUT2D eigenvalue weighted by Gasteiger charge is 2.23. The van der Waals surface area contributed by atoms with Crippen LogP contribution in [0, 0.1) is 0 Å². The van der Waals surface area contributed by atoms with Gasteiger partial charge in [0.25, 0.3) is 0 Å². The number of morpholine rings is 1. The Morgan fingerprint density at radius 1 is 1.09 bits per heavy atom. The summed E-state index contributed by atoms with van der Waals surface area (Å²) in [5, 5.41) is 0.766. The maximum absolute atomic E-state index is 12.3. The lowest BCUT2D eigenvalue weighted by Gasteiger charge is -2.37. The van der Waals surface area contributed by atoms with Gasteiger partial charge in [0, 0.05) is 50.0 Å². The van der Waals surface area contributed by atoms with Crippen LogP contribution < -0.4 is 4.90 Å². The molecule has 3 rings (SSSR count). The van der Waals surface area contributed by atoms with Crippen LogP contribution in [0.4, 0.5) is 5.69 Å². The molecule has 0 N–H and O–H groups in total. The number of piperazine rings is 1. The first-order valence-electron chi connectivity index (χ1n) is 7.81. The molecule has 1 aromatic carbocycles. The van der Waals surface area contributed by atoms with E-state index in [0.29, 0.717) is 19.8 Å². The lowest BCUT2D eigenvalue weighted by Crippen LogP contribution is -2.51. The van der Waals surface area contributed by atoms with Gasteiger partial charge in [0.2, 0.25) is 5.91 Å². The van der Waals surface area contributed by atoms with Crippen LogP contribution in [0.25, 0.3) is 0 Å². The van der Waals surface area contributed by atoms with Gasteiger partial charge < -0.3 is 14.5 Å². The van der Waals surface area contributed by atoms with Gasteiger partial charge in [0.05, 0.1) is 19.8 Å². The minimum absolute atomic E-state index is 0.222. The zero-order chi connectivity index (χ0) is 15.4. The van der Waals surface area contributed by atoms with Crippen molar-refractivity contribution in [2.75, 3.05) is 63.9 Å². The molecule has 0 aliphatic carbocycles. The summed E-state index contributed by atoms with van der Waals surface area (Å²) < 4.78 is 5.29. The summed E-state index contributed by atoms with van der Waals surface area (Å²) in [6.45, 7) is 6.95. The molecular weight excluding hydrogens is 302 g/mol. The third-order valence-corrected chi connectivity index (χ3v) is 4.50. The van der Waals surface area contributed by atoms with Gasteiger partial charge in [-0.1, -0.05) is 17.7 Å². The summed E-state index contributed by atoms with van der Waals surface area (Å²) in [5.74, 6) is 0.222. The molecule has 2 aliphatic heterocycles. The Kier molecular flexibility index (Phi) is 5.18. The first-order valence-corrected chi connectivity index (χ1v) is 8.18. The average Bonchev–Trinajstić information content (AvgIpc) is 2.56. The van der Waals surface area contributed by atoms with Gasteiger partial charge in [-0.15, -0.1) is 0 Å². The monoisotopic (exact) mass is 323 g/mol. The van der Waals surface area contributed by atoms with Crippen molar-refractivity contribution in [3.8, 4) is 0 Å². The van der Waals surface area contributed by atoms with E-state index in [2.05, 4.69) is 15.9 Å². The van der Waals surface area contributed by atoms with Gasteiger partial charge in [-0.2, -0.15) is 0 Å². The maximum Gasteiger partial charge on any atom is 0.236 e. The molecule has 2 fully saturated rings. The van der Waals surface area contributed by atoms with Gasteiger partial charge in [0.15, 0.2) is 0 Å². The van der Waals surface area contributed by atoms with E-state index in [-0.39, 0.29) is 5.91 Å². The third kappa shape index (κ3) is 3.91. The molecule has 0 bridgehead atoms. The van der Waals surface area contributed by atoms with E-state index in [1.54, 1.807) is 0 Å². The van der Waals surface area contributed by atoms with E-state index >= 15 is 0 Å². The summed E-state index contributed by atoms with van der Waals surface area (Å²) in [7, 11) is 0. The number of nitrogens with zero attached hydrogens (tertiary/aromatic N) is 3. The molecule has 0 unspecified atom stereocenters. The highest BCUT2D eigenvalue weighted by atomic mass is 35.5. The Labute approximate surface area is 136 Å². The number of rotatable bonds is 3. The number of hydrogen-bond acceptors (Lipinski definition) is 4. The van der Waals surface area contributed by atoms with Crippen LogP contribution >= 0.6 is 11.6 Å². The van der Waals surface area contributed by atoms with Gasteiger partial charge in [0.1, 0.15) is 0 Å². The highest BCUT2D eigenvalue weighted by molar-refractivity contribution is 6.30. The average molecular weight is 324 g/mol. The van der Waals surface area contributed by atoms with Crippen LogP contribution in [-0.2, 0) is 9.53 Å². The van der Waals surface area contributed by atoms with E-state index < -0.39 is 0 Å². The van der Waals surface area contributed by atoms with Gasteiger partial charge in [-0.25, -0.2) is 0 Å². The van der Waals surface area contributed by atoms with Crippen molar-refractivity contribution in [3.05, 3.63) is 29.3 Å². The first kappa shape index (κ1) is 15.6. The molecule has 1 amide bonds. The van der Waals surface area contributed by atoms with E-state index in [0.717, 1.165) is 50.0 Å². The molecular formula is C16H22ClN3O2. The standard InChI is InChI=1S/C16H22ClN3O2/c17-14-2-1-3-15(12-14)19-6-4-18(5-7-19)13-16(21)20-8-10-22-11-9-20/h1-3,12H,4-11,13H2. The van der Waals surface area contributed by atoms with Crippen molar-refractivity contribution in [2.24, 2.45) is 0 Å². The Morgan fingerprint density at radius 2 is 1.82 bits per heavy atom.